The smallest absolute Gasteiger partial charge is 0.163 e. The van der Waals surface area contributed by atoms with Crippen molar-refractivity contribution in [1.82, 2.24) is 0 Å². The van der Waals surface area contributed by atoms with Crippen molar-refractivity contribution in [3.63, 3.8) is 0 Å². The zero-order valence-corrected chi connectivity index (χ0v) is 5.91. The van der Waals surface area contributed by atoms with Gasteiger partial charge in [0.25, 0.3) is 0 Å². The number of hydrogen-bond donors (Lipinski definition) is 1. The Kier molecular flexibility index (Phi) is 2.02. The molecule has 0 aliphatic heterocycles. The molecule has 48 valence electrons. The quantitative estimate of drug-likeness (QED) is 0.271. The van der Waals surface area contributed by atoms with Crippen molar-refractivity contribution in [1.29, 1.82) is 0 Å². The summed E-state index contributed by atoms with van der Waals surface area (Å²) in [5.41, 5.74) is 0.777. The van der Waals surface area contributed by atoms with Crippen LogP contribution in [-0.4, -0.2) is 5.71 Å². The molecule has 0 rings (SSSR count). The van der Waals surface area contributed by atoms with E-state index >= 15 is 0 Å². The van der Waals surface area contributed by atoms with Crippen molar-refractivity contribution in [3.8, 4) is 0 Å². The molecule has 0 unspecified atom stereocenters. The first-order chi connectivity index (χ1) is 3.48. The highest BCUT2D eigenvalue weighted by molar-refractivity contribution is 5.81. The zero-order valence-electron chi connectivity index (χ0n) is 5.91. The maximum atomic E-state index is 9.99. The van der Waals surface area contributed by atoms with E-state index in [0.717, 1.165) is 5.71 Å². The van der Waals surface area contributed by atoms with Crippen molar-refractivity contribution in [2.24, 2.45) is 5.41 Å². The van der Waals surface area contributed by atoms with Gasteiger partial charge in [0.05, 0.1) is 0 Å². The molecule has 0 aliphatic rings. The molecule has 0 aromatic heterocycles. The molecular weight excluding hydrogens is 102 g/mol. The lowest BCUT2D eigenvalue weighted by atomic mass is 9.91. The molecule has 0 fully saturated rings. The van der Waals surface area contributed by atoms with E-state index < -0.39 is 0 Å². The van der Waals surface area contributed by atoms with Crippen LogP contribution in [0.1, 0.15) is 27.7 Å². The largest absolute Gasteiger partial charge is 0.625 e. The van der Waals surface area contributed by atoms with Gasteiger partial charge in [-0.1, -0.05) is 20.8 Å². The van der Waals surface area contributed by atoms with Crippen LogP contribution in [0.5, 0.6) is 0 Å². The summed E-state index contributed by atoms with van der Waals surface area (Å²) in [5, 5.41) is 11.9. The minimum atomic E-state index is 0.00174. The van der Waals surface area contributed by atoms with Crippen LogP contribution in [0.2, 0.25) is 0 Å². The standard InChI is InChI=1S/C6H13NO/c1-5(7-8)6(2,3)4/h7H,1-4H3/b7-5-. The molecular formula is C6H13NO. The van der Waals surface area contributed by atoms with Crippen molar-refractivity contribution < 1.29 is 5.16 Å². The van der Waals surface area contributed by atoms with Crippen molar-refractivity contribution in [2.75, 3.05) is 0 Å². The Morgan fingerprint density at radius 3 is 1.75 bits per heavy atom. The van der Waals surface area contributed by atoms with Gasteiger partial charge in [-0.2, -0.15) is 0 Å². The van der Waals surface area contributed by atoms with Gasteiger partial charge in [0.1, 0.15) is 0 Å². The average molecular weight is 115 g/mol. The Morgan fingerprint density at radius 1 is 1.38 bits per heavy atom. The lowest BCUT2D eigenvalue weighted by Gasteiger charge is -2.12. The van der Waals surface area contributed by atoms with Crippen LogP contribution in [-0.2, 0) is 0 Å². The second-order valence-corrected chi connectivity index (χ2v) is 2.98. The Hall–Kier alpha value is -0.530. The second-order valence-electron chi connectivity index (χ2n) is 2.98. The third-order valence-electron chi connectivity index (χ3n) is 1.28. The van der Waals surface area contributed by atoms with E-state index in [0.29, 0.717) is 0 Å². The first kappa shape index (κ1) is 7.47. The van der Waals surface area contributed by atoms with E-state index in [9.17, 15) is 5.21 Å². The Balaban J connectivity index is 4.03. The highest BCUT2D eigenvalue weighted by Gasteiger charge is 2.17. The normalized spacial score (nSPS) is 14.2. The van der Waals surface area contributed by atoms with Crippen LogP contribution < -0.4 is 5.16 Å². The fourth-order valence-electron chi connectivity index (χ4n) is 0.153. The van der Waals surface area contributed by atoms with E-state index in [1.54, 1.807) is 6.92 Å². The van der Waals surface area contributed by atoms with Crippen LogP contribution in [0.25, 0.3) is 0 Å². The van der Waals surface area contributed by atoms with Crippen LogP contribution in [0.3, 0.4) is 0 Å². The van der Waals surface area contributed by atoms with E-state index in [1.807, 2.05) is 25.9 Å². The van der Waals surface area contributed by atoms with E-state index in [2.05, 4.69) is 0 Å². The fourth-order valence-corrected chi connectivity index (χ4v) is 0.153. The molecule has 0 heterocycles. The Bertz CT molecular complexity index is 99.6. The minimum absolute atomic E-state index is 0.00174. The monoisotopic (exact) mass is 115 g/mol. The van der Waals surface area contributed by atoms with Gasteiger partial charge in [-0.05, 0) is 0 Å². The van der Waals surface area contributed by atoms with Crippen LogP contribution in [0.15, 0.2) is 0 Å². The van der Waals surface area contributed by atoms with Gasteiger partial charge in [-0.25, -0.2) is 5.16 Å². The molecule has 0 aromatic carbocycles. The van der Waals surface area contributed by atoms with E-state index in [-0.39, 0.29) is 5.41 Å². The van der Waals surface area contributed by atoms with Crippen LogP contribution >= 0.6 is 0 Å². The molecule has 0 spiro atoms. The van der Waals surface area contributed by atoms with Crippen molar-refractivity contribution >= 4 is 5.71 Å². The molecule has 1 N–H and O–H groups in total. The molecule has 0 aromatic rings. The minimum Gasteiger partial charge on any atom is -0.625 e. The van der Waals surface area contributed by atoms with Gasteiger partial charge in [0.15, 0.2) is 5.71 Å². The van der Waals surface area contributed by atoms with Crippen LogP contribution in [0.4, 0.5) is 0 Å². The molecule has 0 atom stereocenters. The number of nitrogens with one attached hydrogen (secondary N) is 1. The van der Waals surface area contributed by atoms with Gasteiger partial charge in [0.2, 0.25) is 0 Å². The fraction of sp³-hybridized carbons (Fsp3) is 0.833. The maximum Gasteiger partial charge on any atom is 0.163 e. The first-order valence-corrected chi connectivity index (χ1v) is 2.70. The molecule has 0 amide bonds. The Morgan fingerprint density at radius 2 is 1.75 bits per heavy atom. The highest BCUT2D eigenvalue weighted by atomic mass is 16.4. The van der Waals surface area contributed by atoms with Gasteiger partial charge < -0.3 is 5.21 Å². The summed E-state index contributed by atoms with van der Waals surface area (Å²) >= 11 is 0. The van der Waals surface area contributed by atoms with Gasteiger partial charge in [-0.3, -0.25) is 0 Å². The molecule has 0 saturated heterocycles. The predicted octanol–water partition coefficient (Wildman–Crippen LogP) is 0.0718. The molecule has 2 nitrogen and oxygen atoms in total. The summed E-state index contributed by atoms with van der Waals surface area (Å²) in [6, 6.07) is 0. The summed E-state index contributed by atoms with van der Waals surface area (Å²) in [6.45, 7) is 7.78. The molecule has 0 bridgehead atoms. The Labute approximate surface area is 50.2 Å². The zero-order chi connectivity index (χ0) is 6.78. The maximum absolute atomic E-state index is 9.99. The summed E-state index contributed by atoms with van der Waals surface area (Å²) < 4.78 is 0. The summed E-state index contributed by atoms with van der Waals surface area (Å²) in [5.74, 6) is 0. The van der Waals surface area contributed by atoms with Gasteiger partial charge in [0, 0.05) is 12.3 Å². The third kappa shape index (κ3) is 1.96. The van der Waals surface area contributed by atoms with Gasteiger partial charge in [-0.15, -0.1) is 0 Å². The van der Waals surface area contributed by atoms with Gasteiger partial charge >= 0.3 is 0 Å². The van der Waals surface area contributed by atoms with E-state index in [1.165, 1.54) is 0 Å². The SMILES string of the molecule is C/C(=[NH+]/[O-])C(C)(C)C. The van der Waals surface area contributed by atoms with Crippen molar-refractivity contribution in [3.05, 3.63) is 5.21 Å². The molecule has 0 saturated carbocycles. The lowest BCUT2D eigenvalue weighted by molar-refractivity contribution is -0.379. The average Bonchev–Trinajstić information content (AvgIpc) is 1.62. The first-order valence-electron chi connectivity index (χ1n) is 2.70. The number of hydrogen-bond acceptors (Lipinski definition) is 1. The predicted molar refractivity (Wildman–Crippen MR) is 34.5 cm³/mol. The van der Waals surface area contributed by atoms with Crippen LogP contribution in [0, 0.1) is 10.6 Å². The molecule has 0 radical (unpaired) electrons. The summed E-state index contributed by atoms with van der Waals surface area (Å²) in [7, 11) is 0. The van der Waals surface area contributed by atoms with Crippen molar-refractivity contribution in [2.45, 2.75) is 27.7 Å². The molecule has 8 heavy (non-hydrogen) atoms. The molecule has 2 heteroatoms. The lowest BCUT2D eigenvalue weighted by Crippen LogP contribution is -2.67. The number of rotatable bonds is 0. The summed E-state index contributed by atoms with van der Waals surface area (Å²) in [4.78, 5) is 0. The third-order valence-corrected chi connectivity index (χ3v) is 1.28. The summed E-state index contributed by atoms with van der Waals surface area (Å²) in [6.07, 6.45) is 0. The van der Waals surface area contributed by atoms with E-state index in [4.69, 9.17) is 0 Å². The topological polar surface area (TPSA) is 37.0 Å². The highest BCUT2D eigenvalue weighted by Crippen LogP contribution is 2.11. The second kappa shape index (κ2) is 2.16. The molecule has 0 aliphatic carbocycles.